The number of rotatable bonds is 4. The van der Waals surface area contributed by atoms with Crippen molar-refractivity contribution in [3.8, 4) is 0 Å². The van der Waals surface area contributed by atoms with Gasteiger partial charge in [-0.2, -0.15) is 0 Å². The molecule has 2 aromatic carbocycles. The fraction of sp³-hybridized carbons (Fsp3) is 0.333. The molecule has 1 amide bonds. The van der Waals surface area contributed by atoms with Crippen LogP contribution in [0.25, 0.3) is 11.0 Å². The van der Waals surface area contributed by atoms with Crippen molar-refractivity contribution in [2.75, 3.05) is 19.7 Å². The number of imidazole rings is 1. The smallest absolute Gasteiger partial charge is 0.326 e. The van der Waals surface area contributed by atoms with E-state index < -0.39 is 5.92 Å². The van der Waals surface area contributed by atoms with Gasteiger partial charge in [0, 0.05) is 19.1 Å². The molecule has 1 saturated heterocycles. The van der Waals surface area contributed by atoms with Crippen LogP contribution in [-0.2, 0) is 4.79 Å². The average Bonchev–Trinajstić information content (AvgIpc) is 3.05. The lowest BCUT2D eigenvalue weighted by Crippen LogP contribution is -2.43. The normalized spacial score (nSPS) is 16.6. The molecule has 1 atom stereocenters. The Morgan fingerprint density at radius 3 is 2.44 bits per heavy atom. The van der Waals surface area contributed by atoms with Crippen LogP contribution in [-0.4, -0.2) is 45.2 Å². The van der Waals surface area contributed by atoms with Crippen molar-refractivity contribution in [1.82, 2.24) is 14.5 Å². The maximum Gasteiger partial charge on any atom is 0.326 e. The molecular weight excluding hydrogens is 342 g/mol. The third kappa shape index (κ3) is 3.28. The minimum Gasteiger partial charge on any atom is -0.395 e. The molecule has 1 fully saturated rings. The van der Waals surface area contributed by atoms with Gasteiger partial charge in [0.2, 0.25) is 5.91 Å². The largest absolute Gasteiger partial charge is 0.395 e. The van der Waals surface area contributed by atoms with E-state index in [4.69, 9.17) is 0 Å². The summed E-state index contributed by atoms with van der Waals surface area (Å²) in [4.78, 5) is 30.0. The van der Waals surface area contributed by atoms with Gasteiger partial charge in [0.1, 0.15) is 0 Å². The minimum atomic E-state index is -0.529. The first-order chi connectivity index (χ1) is 13.2. The molecule has 140 valence electrons. The van der Waals surface area contributed by atoms with Gasteiger partial charge in [-0.3, -0.25) is 9.36 Å². The maximum atomic E-state index is 12.9. The van der Waals surface area contributed by atoms with E-state index in [2.05, 4.69) is 4.98 Å². The van der Waals surface area contributed by atoms with Gasteiger partial charge in [-0.1, -0.05) is 42.5 Å². The van der Waals surface area contributed by atoms with Gasteiger partial charge in [0.05, 0.1) is 23.6 Å². The number of aromatic nitrogens is 2. The summed E-state index contributed by atoms with van der Waals surface area (Å²) in [6.07, 6.45) is 1.45. The zero-order valence-electron chi connectivity index (χ0n) is 15.0. The number of H-pyrrole nitrogens is 1. The number of carbonyl (C=O) groups is 1. The second-order valence-corrected chi connectivity index (χ2v) is 7.02. The Morgan fingerprint density at radius 2 is 1.74 bits per heavy atom. The molecule has 6 heteroatoms. The second-order valence-electron chi connectivity index (χ2n) is 7.02. The van der Waals surface area contributed by atoms with Crippen molar-refractivity contribution in [3.63, 3.8) is 0 Å². The standard InChI is InChI=1S/C21H23N3O3/c25-14-17(15-6-2-1-3-7-15)20(26)23-12-10-16(11-13-23)24-19-9-5-4-8-18(19)22-21(24)27/h1-9,16-17,25H,10-14H2,(H,22,27). The Bertz CT molecular complexity index is 985. The fourth-order valence-electron chi connectivity index (χ4n) is 4.01. The van der Waals surface area contributed by atoms with Crippen LogP contribution in [0.4, 0.5) is 0 Å². The van der Waals surface area contributed by atoms with E-state index in [1.54, 1.807) is 0 Å². The Morgan fingerprint density at radius 1 is 1.07 bits per heavy atom. The van der Waals surface area contributed by atoms with Crippen molar-refractivity contribution in [3.05, 3.63) is 70.6 Å². The predicted molar refractivity (Wildman–Crippen MR) is 104 cm³/mol. The van der Waals surface area contributed by atoms with Crippen LogP contribution in [0, 0.1) is 0 Å². The monoisotopic (exact) mass is 365 g/mol. The number of likely N-dealkylation sites (tertiary alicyclic amines) is 1. The molecule has 1 aliphatic heterocycles. The summed E-state index contributed by atoms with van der Waals surface area (Å²) in [5.41, 5.74) is 2.48. The summed E-state index contributed by atoms with van der Waals surface area (Å²) in [7, 11) is 0. The van der Waals surface area contributed by atoms with Gasteiger partial charge < -0.3 is 15.0 Å². The predicted octanol–water partition coefficient (Wildman–Crippen LogP) is 2.27. The number of hydrogen-bond donors (Lipinski definition) is 2. The molecule has 1 aliphatic rings. The lowest BCUT2D eigenvalue weighted by Gasteiger charge is -2.34. The van der Waals surface area contributed by atoms with Crippen LogP contribution in [0.3, 0.4) is 0 Å². The number of fused-ring (bicyclic) bond motifs is 1. The van der Waals surface area contributed by atoms with Crippen LogP contribution in [0.2, 0.25) is 0 Å². The maximum absolute atomic E-state index is 12.9. The molecule has 0 aliphatic carbocycles. The SMILES string of the molecule is O=C(C(CO)c1ccccc1)N1CCC(n2c(=O)[nH]c3ccccc32)CC1. The van der Waals surface area contributed by atoms with Crippen molar-refractivity contribution in [2.45, 2.75) is 24.8 Å². The lowest BCUT2D eigenvalue weighted by molar-refractivity contribution is -0.135. The highest BCUT2D eigenvalue weighted by atomic mass is 16.3. The summed E-state index contributed by atoms with van der Waals surface area (Å²) >= 11 is 0. The number of carbonyl (C=O) groups excluding carboxylic acids is 1. The molecule has 0 saturated carbocycles. The lowest BCUT2D eigenvalue weighted by atomic mass is 9.96. The number of piperidine rings is 1. The van der Waals surface area contributed by atoms with Gasteiger partial charge in [0.25, 0.3) is 0 Å². The van der Waals surface area contributed by atoms with E-state index >= 15 is 0 Å². The van der Waals surface area contributed by atoms with Crippen molar-refractivity contribution in [2.24, 2.45) is 0 Å². The summed E-state index contributed by atoms with van der Waals surface area (Å²) < 4.78 is 1.82. The van der Waals surface area contributed by atoms with Gasteiger partial charge in [-0.25, -0.2) is 4.79 Å². The number of aliphatic hydroxyl groups excluding tert-OH is 1. The molecule has 3 aromatic rings. The molecular formula is C21H23N3O3. The first-order valence-corrected chi connectivity index (χ1v) is 9.33. The number of benzene rings is 2. The summed E-state index contributed by atoms with van der Waals surface area (Å²) in [5, 5.41) is 9.74. The van der Waals surface area contributed by atoms with E-state index in [1.165, 1.54) is 0 Å². The van der Waals surface area contributed by atoms with E-state index in [9.17, 15) is 14.7 Å². The first-order valence-electron chi connectivity index (χ1n) is 9.33. The van der Waals surface area contributed by atoms with Crippen molar-refractivity contribution < 1.29 is 9.90 Å². The molecule has 1 aromatic heterocycles. The molecule has 2 N–H and O–H groups in total. The molecule has 4 rings (SSSR count). The number of nitrogens with zero attached hydrogens (tertiary/aromatic N) is 2. The molecule has 0 spiro atoms. The fourth-order valence-corrected chi connectivity index (χ4v) is 4.01. The zero-order valence-corrected chi connectivity index (χ0v) is 15.0. The number of hydrogen-bond acceptors (Lipinski definition) is 3. The quantitative estimate of drug-likeness (QED) is 0.744. The van der Waals surface area contributed by atoms with E-state index in [-0.39, 0.29) is 24.2 Å². The number of para-hydroxylation sites is 2. The Balaban J connectivity index is 1.49. The second kappa shape index (κ2) is 7.40. The summed E-state index contributed by atoms with van der Waals surface area (Å²) in [6, 6.07) is 17.1. The number of aromatic amines is 1. The summed E-state index contributed by atoms with van der Waals surface area (Å²) in [5.74, 6) is -0.577. The number of amides is 1. The first kappa shape index (κ1) is 17.5. The van der Waals surface area contributed by atoms with Crippen LogP contribution >= 0.6 is 0 Å². The minimum absolute atomic E-state index is 0.0478. The Hall–Kier alpha value is -2.86. The summed E-state index contributed by atoms with van der Waals surface area (Å²) in [6.45, 7) is 0.961. The van der Waals surface area contributed by atoms with Gasteiger partial charge in [-0.15, -0.1) is 0 Å². The topological polar surface area (TPSA) is 78.3 Å². The molecule has 0 bridgehead atoms. The van der Waals surface area contributed by atoms with Gasteiger partial charge >= 0.3 is 5.69 Å². The molecule has 2 heterocycles. The molecule has 1 unspecified atom stereocenters. The van der Waals surface area contributed by atoms with Crippen LogP contribution < -0.4 is 5.69 Å². The van der Waals surface area contributed by atoms with Crippen molar-refractivity contribution >= 4 is 16.9 Å². The van der Waals surface area contributed by atoms with E-state index in [0.29, 0.717) is 13.1 Å². The third-order valence-electron chi connectivity index (χ3n) is 5.45. The zero-order chi connectivity index (χ0) is 18.8. The average molecular weight is 365 g/mol. The highest BCUT2D eigenvalue weighted by molar-refractivity contribution is 5.84. The van der Waals surface area contributed by atoms with Gasteiger partial charge in [0.15, 0.2) is 0 Å². The highest BCUT2D eigenvalue weighted by Crippen LogP contribution is 2.27. The van der Waals surface area contributed by atoms with Crippen LogP contribution in [0.5, 0.6) is 0 Å². The third-order valence-corrected chi connectivity index (χ3v) is 5.45. The molecule has 0 radical (unpaired) electrons. The van der Waals surface area contributed by atoms with Crippen LogP contribution in [0.1, 0.15) is 30.4 Å². The molecule has 6 nitrogen and oxygen atoms in total. The highest BCUT2D eigenvalue weighted by Gasteiger charge is 2.30. The number of aliphatic hydroxyl groups is 1. The van der Waals surface area contributed by atoms with E-state index in [1.807, 2.05) is 64.1 Å². The van der Waals surface area contributed by atoms with Gasteiger partial charge in [-0.05, 0) is 30.5 Å². The Kier molecular flexibility index (Phi) is 4.81. The van der Waals surface area contributed by atoms with E-state index in [0.717, 1.165) is 29.4 Å². The van der Waals surface area contributed by atoms with Crippen LogP contribution in [0.15, 0.2) is 59.4 Å². The van der Waals surface area contributed by atoms with Crippen molar-refractivity contribution in [1.29, 1.82) is 0 Å². The molecule has 27 heavy (non-hydrogen) atoms. The Labute approximate surface area is 157 Å². The number of nitrogens with one attached hydrogen (secondary N) is 1.